The molecule has 0 bridgehead atoms. The van der Waals surface area contributed by atoms with Crippen LogP contribution in [0, 0.1) is 0 Å². The molecule has 0 saturated heterocycles. The highest BCUT2D eigenvalue weighted by Crippen LogP contribution is 2.29. The summed E-state index contributed by atoms with van der Waals surface area (Å²) in [4.78, 5) is 11.5. The molecule has 25 heavy (non-hydrogen) atoms. The number of carbonyl (C=O) groups is 1. The fourth-order valence-corrected chi connectivity index (χ4v) is 3.05. The van der Waals surface area contributed by atoms with Crippen LogP contribution in [-0.4, -0.2) is 33.1 Å². The molecule has 134 valence electrons. The highest BCUT2D eigenvalue weighted by atomic mass is 35.5. The van der Waals surface area contributed by atoms with Crippen LogP contribution in [0.25, 0.3) is 0 Å². The number of hydrogen-bond acceptors (Lipinski definition) is 6. The maximum atomic E-state index is 11.5. The second kappa shape index (κ2) is 9.48. The summed E-state index contributed by atoms with van der Waals surface area (Å²) in [5, 5.41) is 9.51. The number of rotatable bonds is 9. The van der Waals surface area contributed by atoms with Crippen molar-refractivity contribution in [2.24, 2.45) is 0 Å². The van der Waals surface area contributed by atoms with Gasteiger partial charge in [0.05, 0.1) is 17.4 Å². The zero-order valence-electron chi connectivity index (χ0n) is 14.1. The van der Waals surface area contributed by atoms with E-state index in [9.17, 15) is 4.79 Å². The predicted molar refractivity (Wildman–Crippen MR) is 98.1 cm³/mol. The number of para-hydroxylation sites is 1. The lowest BCUT2D eigenvalue weighted by Crippen LogP contribution is -2.13. The van der Waals surface area contributed by atoms with Crippen molar-refractivity contribution in [1.82, 2.24) is 14.8 Å². The first-order valence-corrected chi connectivity index (χ1v) is 9.16. The van der Waals surface area contributed by atoms with Gasteiger partial charge < -0.3 is 9.47 Å². The summed E-state index contributed by atoms with van der Waals surface area (Å²) in [6.07, 6.45) is 1.37. The zero-order chi connectivity index (χ0) is 18.2. The number of aromatic nitrogens is 3. The number of benzene rings is 1. The molecule has 0 N–H and O–H groups in total. The van der Waals surface area contributed by atoms with Gasteiger partial charge in [0.25, 0.3) is 0 Å². The van der Waals surface area contributed by atoms with E-state index in [1.54, 1.807) is 25.1 Å². The lowest BCUT2D eigenvalue weighted by atomic mass is 10.3. The molecule has 0 aliphatic heterocycles. The lowest BCUT2D eigenvalue weighted by molar-refractivity contribution is -0.139. The second-order valence-corrected chi connectivity index (χ2v) is 6.37. The summed E-state index contributed by atoms with van der Waals surface area (Å²) < 4.78 is 12.7. The number of halogens is 1. The molecule has 0 aliphatic carbocycles. The fourth-order valence-electron chi connectivity index (χ4n) is 2.12. The van der Waals surface area contributed by atoms with Crippen molar-refractivity contribution in [2.45, 2.75) is 31.7 Å². The van der Waals surface area contributed by atoms with Gasteiger partial charge in [-0.1, -0.05) is 41.6 Å². The Balaban J connectivity index is 2.15. The number of esters is 1. The molecule has 0 fully saturated rings. The fraction of sp³-hybridized carbons (Fsp3) is 0.353. The van der Waals surface area contributed by atoms with E-state index in [1.165, 1.54) is 11.8 Å². The number of carbonyl (C=O) groups excluding carboxylic acids is 1. The number of nitrogens with zero attached hydrogens (tertiary/aromatic N) is 3. The van der Waals surface area contributed by atoms with Gasteiger partial charge in [0, 0.05) is 6.54 Å². The van der Waals surface area contributed by atoms with Crippen LogP contribution < -0.4 is 4.74 Å². The van der Waals surface area contributed by atoms with Gasteiger partial charge in [-0.15, -0.1) is 16.8 Å². The van der Waals surface area contributed by atoms with Gasteiger partial charge in [-0.05, 0) is 26.0 Å². The summed E-state index contributed by atoms with van der Waals surface area (Å²) in [5.74, 6) is 1.09. The minimum atomic E-state index is -0.371. The van der Waals surface area contributed by atoms with E-state index >= 15 is 0 Å². The van der Waals surface area contributed by atoms with Gasteiger partial charge in [0.2, 0.25) is 0 Å². The Morgan fingerprint density at radius 3 is 2.88 bits per heavy atom. The van der Waals surface area contributed by atoms with Gasteiger partial charge in [-0.3, -0.25) is 9.36 Å². The van der Waals surface area contributed by atoms with Crippen LogP contribution in [0.1, 0.15) is 25.8 Å². The Morgan fingerprint density at radius 1 is 1.44 bits per heavy atom. The summed E-state index contributed by atoms with van der Waals surface area (Å²) in [5.41, 5.74) is 0. The summed E-state index contributed by atoms with van der Waals surface area (Å²) in [6.45, 7) is 8.26. The molecule has 8 heteroatoms. The van der Waals surface area contributed by atoms with Crippen molar-refractivity contribution >= 4 is 29.3 Å². The van der Waals surface area contributed by atoms with Crippen LogP contribution in [0.3, 0.4) is 0 Å². The molecule has 1 heterocycles. The smallest absolute Gasteiger partial charge is 0.316 e. The van der Waals surface area contributed by atoms with Crippen molar-refractivity contribution in [3.8, 4) is 5.75 Å². The normalized spacial score (nSPS) is 11.8. The van der Waals surface area contributed by atoms with Gasteiger partial charge in [-0.2, -0.15) is 0 Å². The van der Waals surface area contributed by atoms with E-state index in [0.717, 1.165) is 0 Å². The van der Waals surface area contributed by atoms with Gasteiger partial charge in [-0.25, -0.2) is 0 Å². The standard InChI is InChI=1S/C17H20ClN3O3S/c1-4-10-21-16(12(3)24-14-9-7-6-8-13(14)18)19-20-17(21)25-11-15(22)23-5-2/h4,6-9,12H,1,5,10-11H2,2-3H3. The van der Waals surface area contributed by atoms with Crippen LogP contribution in [0.2, 0.25) is 5.02 Å². The lowest BCUT2D eigenvalue weighted by Gasteiger charge is -2.16. The maximum Gasteiger partial charge on any atom is 0.316 e. The molecule has 6 nitrogen and oxygen atoms in total. The third-order valence-corrected chi connectivity index (χ3v) is 4.44. The van der Waals surface area contributed by atoms with Crippen molar-refractivity contribution in [3.63, 3.8) is 0 Å². The molecular weight excluding hydrogens is 362 g/mol. The molecule has 0 radical (unpaired) electrons. The first kappa shape index (κ1) is 19.3. The van der Waals surface area contributed by atoms with E-state index in [0.29, 0.717) is 34.9 Å². The minimum Gasteiger partial charge on any atom is -0.481 e. The van der Waals surface area contributed by atoms with Crippen LogP contribution in [0.4, 0.5) is 0 Å². The Morgan fingerprint density at radius 2 is 2.20 bits per heavy atom. The number of ether oxygens (including phenoxy) is 2. The first-order valence-electron chi connectivity index (χ1n) is 7.80. The van der Waals surface area contributed by atoms with E-state index in [4.69, 9.17) is 21.1 Å². The Bertz CT molecular complexity index is 736. The largest absolute Gasteiger partial charge is 0.481 e. The van der Waals surface area contributed by atoms with Crippen molar-refractivity contribution < 1.29 is 14.3 Å². The molecule has 0 spiro atoms. The molecule has 1 unspecified atom stereocenters. The quantitative estimate of drug-likeness (QED) is 0.372. The molecule has 0 saturated carbocycles. The van der Waals surface area contributed by atoms with Gasteiger partial charge in [0.1, 0.15) is 5.75 Å². The Labute approximate surface area is 156 Å². The maximum absolute atomic E-state index is 11.5. The van der Waals surface area contributed by atoms with E-state index in [2.05, 4.69) is 16.8 Å². The summed E-state index contributed by atoms with van der Waals surface area (Å²) >= 11 is 7.40. The van der Waals surface area contributed by atoms with Crippen LogP contribution in [0.15, 0.2) is 42.1 Å². The molecule has 1 aromatic heterocycles. The Hall–Kier alpha value is -1.99. The third-order valence-electron chi connectivity index (χ3n) is 3.19. The predicted octanol–water partition coefficient (Wildman–Crippen LogP) is 3.91. The Kier molecular flexibility index (Phi) is 7.33. The monoisotopic (exact) mass is 381 g/mol. The number of allylic oxidation sites excluding steroid dienone is 1. The highest BCUT2D eigenvalue weighted by Gasteiger charge is 2.20. The first-order chi connectivity index (χ1) is 12.1. The molecule has 1 aromatic carbocycles. The SMILES string of the molecule is C=CCn1c(SCC(=O)OCC)nnc1C(C)Oc1ccccc1Cl. The van der Waals surface area contributed by atoms with Gasteiger partial charge >= 0.3 is 5.97 Å². The second-order valence-electron chi connectivity index (χ2n) is 5.02. The van der Waals surface area contributed by atoms with Crippen molar-refractivity contribution in [1.29, 1.82) is 0 Å². The third kappa shape index (κ3) is 5.24. The van der Waals surface area contributed by atoms with E-state index < -0.39 is 0 Å². The minimum absolute atomic E-state index is 0.170. The average Bonchev–Trinajstić information content (AvgIpc) is 2.98. The molecule has 0 aliphatic rings. The van der Waals surface area contributed by atoms with Crippen molar-refractivity contribution in [2.75, 3.05) is 12.4 Å². The number of hydrogen-bond donors (Lipinski definition) is 0. The topological polar surface area (TPSA) is 66.2 Å². The van der Waals surface area contributed by atoms with Crippen LogP contribution in [-0.2, 0) is 16.1 Å². The van der Waals surface area contributed by atoms with E-state index in [-0.39, 0.29) is 17.8 Å². The molecule has 2 aromatic rings. The zero-order valence-corrected chi connectivity index (χ0v) is 15.7. The molecular formula is C17H20ClN3O3S. The molecule has 1 atom stereocenters. The molecule has 0 amide bonds. The van der Waals surface area contributed by atoms with Crippen LogP contribution in [0.5, 0.6) is 5.75 Å². The van der Waals surface area contributed by atoms with Crippen LogP contribution >= 0.6 is 23.4 Å². The number of thioether (sulfide) groups is 1. The van der Waals surface area contributed by atoms with E-state index in [1.807, 2.05) is 23.6 Å². The van der Waals surface area contributed by atoms with Crippen molar-refractivity contribution in [3.05, 3.63) is 47.8 Å². The molecule has 2 rings (SSSR count). The average molecular weight is 382 g/mol. The summed E-state index contributed by atoms with van der Waals surface area (Å²) in [7, 11) is 0. The van der Waals surface area contributed by atoms with Gasteiger partial charge in [0.15, 0.2) is 17.1 Å². The summed E-state index contributed by atoms with van der Waals surface area (Å²) in [6, 6.07) is 7.25. The highest BCUT2D eigenvalue weighted by molar-refractivity contribution is 7.99.